The number of hydrogen-bond acceptors (Lipinski definition) is 3. The van der Waals surface area contributed by atoms with Gasteiger partial charge >= 0.3 is 0 Å². The van der Waals surface area contributed by atoms with Gasteiger partial charge in [0, 0.05) is 37.9 Å². The summed E-state index contributed by atoms with van der Waals surface area (Å²) in [4.78, 5) is 15.5. The van der Waals surface area contributed by atoms with Gasteiger partial charge in [-0.1, -0.05) is 20.3 Å². The average Bonchev–Trinajstić information content (AvgIpc) is 2.85. The van der Waals surface area contributed by atoms with Gasteiger partial charge in [-0.2, -0.15) is 0 Å². The van der Waals surface area contributed by atoms with Crippen molar-refractivity contribution < 1.29 is 4.79 Å². The smallest absolute Gasteiger partial charge is 0.221 e. The summed E-state index contributed by atoms with van der Waals surface area (Å²) in [6.45, 7) is 5.41. The van der Waals surface area contributed by atoms with E-state index in [1.54, 1.807) is 12.5 Å². The quantitative estimate of drug-likeness (QED) is 0.736. The van der Waals surface area contributed by atoms with Crippen LogP contribution in [-0.4, -0.2) is 28.0 Å². The van der Waals surface area contributed by atoms with Gasteiger partial charge in [0.15, 0.2) is 0 Å². The van der Waals surface area contributed by atoms with Gasteiger partial charge in [0.25, 0.3) is 0 Å². The van der Waals surface area contributed by atoms with Gasteiger partial charge in [0.05, 0.1) is 6.33 Å². The van der Waals surface area contributed by atoms with Crippen molar-refractivity contribution in [1.29, 1.82) is 0 Å². The van der Waals surface area contributed by atoms with Crippen LogP contribution >= 0.6 is 0 Å². The minimum atomic E-state index is 0.0391. The molecule has 1 aromatic rings. The Labute approximate surface area is 102 Å². The van der Waals surface area contributed by atoms with E-state index in [-0.39, 0.29) is 11.9 Å². The van der Waals surface area contributed by atoms with Crippen LogP contribution in [-0.2, 0) is 11.3 Å². The van der Waals surface area contributed by atoms with E-state index in [4.69, 9.17) is 5.73 Å². The Morgan fingerprint density at radius 1 is 1.59 bits per heavy atom. The van der Waals surface area contributed by atoms with E-state index in [1.807, 2.05) is 10.8 Å². The van der Waals surface area contributed by atoms with Gasteiger partial charge in [-0.05, 0) is 5.92 Å². The molecule has 0 aliphatic heterocycles. The zero-order valence-electron chi connectivity index (χ0n) is 10.6. The van der Waals surface area contributed by atoms with Crippen LogP contribution in [0.1, 0.15) is 26.7 Å². The van der Waals surface area contributed by atoms with E-state index in [0.29, 0.717) is 25.4 Å². The van der Waals surface area contributed by atoms with Crippen molar-refractivity contribution in [3.63, 3.8) is 0 Å². The van der Waals surface area contributed by atoms with Crippen molar-refractivity contribution in [2.24, 2.45) is 11.7 Å². The highest BCUT2D eigenvalue weighted by Gasteiger charge is 2.11. The molecule has 0 radical (unpaired) electrons. The van der Waals surface area contributed by atoms with E-state index >= 15 is 0 Å². The number of aryl methyl sites for hydroxylation is 1. The molecular weight excluding hydrogens is 216 g/mol. The molecule has 96 valence electrons. The molecule has 0 aliphatic carbocycles. The van der Waals surface area contributed by atoms with Crippen LogP contribution in [0.15, 0.2) is 18.7 Å². The maximum atomic E-state index is 11.6. The molecule has 0 fully saturated rings. The number of hydrogen-bond donors (Lipinski definition) is 2. The first-order valence-corrected chi connectivity index (χ1v) is 6.11. The summed E-state index contributed by atoms with van der Waals surface area (Å²) in [7, 11) is 0. The van der Waals surface area contributed by atoms with Gasteiger partial charge in [0.1, 0.15) is 0 Å². The molecule has 1 aromatic heterocycles. The third kappa shape index (κ3) is 4.99. The minimum absolute atomic E-state index is 0.0391. The fourth-order valence-electron chi connectivity index (χ4n) is 1.47. The second kappa shape index (κ2) is 7.06. The van der Waals surface area contributed by atoms with Gasteiger partial charge in [-0.25, -0.2) is 4.98 Å². The number of imidazole rings is 1. The van der Waals surface area contributed by atoms with Crippen LogP contribution < -0.4 is 11.1 Å². The van der Waals surface area contributed by atoms with Crippen molar-refractivity contribution in [3.05, 3.63) is 18.7 Å². The summed E-state index contributed by atoms with van der Waals surface area (Å²) in [6, 6.07) is 0.0391. The van der Waals surface area contributed by atoms with E-state index in [0.717, 1.165) is 6.42 Å². The zero-order chi connectivity index (χ0) is 12.7. The summed E-state index contributed by atoms with van der Waals surface area (Å²) in [5, 5.41) is 2.86. The molecule has 1 unspecified atom stereocenters. The molecule has 1 amide bonds. The molecule has 0 spiro atoms. The number of aromatic nitrogens is 2. The molecule has 17 heavy (non-hydrogen) atoms. The number of nitrogens with zero attached hydrogens (tertiary/aromatic N) is 2. The molecule has 0 saturated carbocycles. The van der Waals surface area contributed by atoms with Crippen LogP contribution in [0.2, 0.25) is 0 Å². The first-order valence-electron chi connectivity index (χ1n) is 6.11. The maximum Gasteiger partial charge on any atom is 0.221 e. The summed E-state index contributed by atoms with van der Waals surface area (Å²) >= 11 is 0. The molecule has 2 atom stereocenters. The molecule has 0 saturated heterocycles. The number of nitrogens with two attached hydrogens (primary N) is 1. The molecule has 5 nitrogen and oxygen atoms in total. The fourth-order valence-corrected chi connectivity index (χ4v) is 1.47. The molecule has 5 heteroatoms. The monoisotopic (exact) mass is 238 g/mol. The summed E-state index contributed by atoms with van der Waals surface area (Å²) < 4.78 is 1.88. The normalized spacial score (nSPS) is 14.3. The first kappa shape index (κ1) is 13.7. The second-order valence-electron chi connectivity index (χ2n) is 4.40. The largest absolute Gasteiger partial charge is 0.354 e. The predicted octanol–water partition coefficient (Wildman–Crippen LogP) is 0.763. The van der Waals surface area contributed by atoms with Crippen molar-refractivity contribution >= 4 is 5.91 Å². The first-order chi connectivity index (χ1) is 8.13. The third-order valence-corrected chi connectivity index (χ3v) is 3.07. The second-order valence-corrected chi connectivity index (χ2v) is 4.40. The molecule has 0 bridgehead atoms. The van der Waals surface area contributed by atoms with Gasteiger partial charge in [0.2, 0.25) is 5.91 Å². The van der Waals surface area contributed by atoms with Crippen molar-refractivity contribution in [2.75, 3.05) is 6.54 Å². The molecule has 1 rings (SSSR count). The Bertz CT molecular complexity index is 323. The molecular formula is C12H22N4O. The average molecular weight is 238 g/mol. The Kier molecular flexibility index (Phi) is 5.69. The van der Waals surface area contributed by atoms with Crippen molar-refractivity contribution in [2.45, 2.75) is 39.3 Å². The SMILES string of the molecule is CCC(C)[C@H](N)CNC(=O)CCn1ccnc1. The lowest BCUT2D eigenvalue weighted by molar-refractivity contribution is -0.121. The Balaban J connectivity index is 2.17. The highest BCUT2D eigenvalue weighted by atomic mass is 16.1. The topological polar surface area (TPSA) is 72.9 Å². The lowest BCUT2D eigenvalue weighted by Crippen LogP contribution is -2.41. The summed E-state index contributed by atoms with van der Waals surface area (Å²) in [6.07, 6.45) is 6.75. The van der Waals surface area contributed by atoms with Crippen LogP contribution in [0.3, 0.4) is 0 Å². The molecule has 3 N–H and O–H groups in total. The molecule has 0 aromatic carbocycles. The van der Waals surface area contributed by atoms with Gasteiger partial charge < -0.3 is 15.6 Å². The van der Waals surface area contributed by atoms with Gasteiger partial charge in [-0.15, -0.1) is 0 Å². The van der Waals surface area contributed by atoms with E-state index < -0.39 is 0 Å². The van der Waals surface area contributed by atoms with E-state index in [9.17, 15) is 4.79 Å². The Morgan fingerprint density at radius 3 is 2.94 bits per heavy atom. The maximum absolute atomic E-state index is 11.6. The summed E-state index contributed by atoms with van der Waals surface area (Å²) in [5.41, 5.74) is 5.94. The Morgan fingerprint density at radius 2 is 2.35 bits per heavy atom. The molecule has 0 aliphatic rings. The number of carbonyl (C=O) groups is 1. The van der Waals surface area contributed by atoms with Crippen LogP contribution in [0.25, 0.3) is 0 Å². The van der Waals surface area contributed by atoms with Gasteiger partial charge in [-0.3, -0.25) is 4.79 Å². The van der Waals surface area contributed by atoms with Crippen LogP contribution in [0, 0.1) is 5.92 Å². The number of nitrogens with one attached hydrogen (secondary N) is 1. The van der Waals surface area contributed by atoms with Crippen LogP contribution in [0.5, 0.6) is 0 Å². The zero-order valence-corrected chi connectivity index (χ0v) is 10.6. The third-order valence-electron chi connectivity index (χ3n) is 3.07. The van der Waals surface area contributed by atoms with Crippen molar-refractivity contribution in [1.82, 2.24) is 14.9 Å². The van der Waals surface area contributed by atoms with E-state index in [2.05, 4.69) is 24.1 Å². The summed E-state index contributed by atoms with van der Waals surface area (Å²) in [5.74, 6) is 0.474. The fraction of sp³-hybridized carbons (Fsp3) is 0.667. The minimum Gasteiger partial charge on any atom is -0.354 e. The standard InChI is InChI=1S/C12H22N4O/c1-3-10(2)11(13)8-15-12(17)4-6-16-7-5-14-9-16/h5,7,9-11H,3-4,6,8,13H2,1-2H3,(H,15,17)/t10?,11-/m1/s1. The number of amides is 1. The predicted molar refractivity (Wildman–Crippen MR) is 67.3 cm³/mol. The number of rotatable bonds is 7. The molecule has 1 heterocycles. The number of carbonyl (C=O) groups excluding carboxylic acids is 1. The lowest BCUT2D eigenvalue weighted by atomic mass is 10.0. The lowest BCUT2D eigenvalue weighted by Gasteiger charge is -2.18. The van der Waals surface area contributed by atoms with E-state index in [1.165, 1.54) is 0 Å². The Hall–Kier alpha value is -1.36. The van der Waals surface area contributed by atoms with Crippen LogP contribution in [0.4, 0.5) is 0 Å². The van der Waals surface area contributed by atoms with Crippen molar-refractivity contribution in [3.8, 4) is 0 Å². The highest BCUT2D eigenvalue weighted by Crippen LogP contribution is 2.03. The highest BCUT2D eigenvalue weighted by molar-refractivity contribution is 5.75.